The van der Waals surface area contributed by atoms with E-state index in [1.54, 1.807) is 0 Å². The van der Waals surface area contributed by atoms with Crippen molar-refractivity contribution in [3.8, 4) is 0 Å². The van der Waals surface area contributed by atoms with Crippen molar-refractivity contribution in [3.05, 3.63) is 47.9 Å². The van der Waals surface area contributed by atoms with E-state index in [0.717, 1.165) is 23.7 Å². The van der Waals surface area contributed by atoms with Gasteiger partial charge in [0.2, 0.25) is 0 Å². The fraction of sp³-hybridized carbons (Fsp3) is 0.308. The van der Waals surface area contributed by atoms with Crippen LogP contribution >= 0.6 is 0 Å². The fourth-order valence-corrected chi connectivity index (χ4v) is 2.21. The Morgan fingerprint density at radius 2 is 2.00 bits per heavy atom. The Morgan fingerprint density at radius 3 is 2.76 bits per heavy atom. The molecule has 2 aliphatic carbocycles. The van der Waals surface area contributed by atoms with E-state index < -0.39 is 0 Å². The molecule has 0 spiro atoms. The van der Waals surface area contributed by atoms with Crippen LogP contribution in [-0.4, -0.2) is 18.0 Å². The SMILES string of the molecule is NC1=CCC(C2=NC3C=C(N)C=CC3O2)C=C1. The van der Waals surface area contributed by atoms with E-state index in [1.165, 1.54) is 0 Å². The Balaban J connectivity index is 1.77. The molecule has 3 aliphatic rings. The molecule has 3 unspecified atom stereocenters. The predicted molar refractivity (Wildman–Crippen MR) is 67.0 cm³/mol. The van der Waals surface area contributed by atoms with Crippen molar-refractivity contribution in [1.82, 2.24) is 0 Å². The third-order valence-corrected chi connectivity index (χ3v) is 3.16. The highest BCUT2D eigenvalue weighted by Gasteiger charge is 2.32. The van der Waals surface area contributed by atoms with Gasteiger partial charge in [-0.3, -0.25) is 0 Å². The molecule has 4 heteroatoms. The summed E-state index contributed by atoms with van der Waals surface area (Å²) in [5, 5.41) is 0. The van der Waals surface area contributed by atoms with Gasteiger partial charge < -0.3 is 16.2 Å². The zero-order chi connectivity index (χ0) is 11.8. The average molecular weight is 229 g/mol. The van der Waals surface area contributed by atoms with E-state index in [-0.39, 0.29) is 18.1 Å². The normalized spacial score (nSPS) is 34.6. The standard InChI is InChI=1S/C13H15N3O/c14-9-3-1-8(2-4-9)13-16-11-7-10(15)5-6-12(11)17-13/h1,3-8,11-12H,2,14-15H2. The van der Waals surface area contributed by atoms with E-state index in [1.807, 2.05) is 36.5 Å². The highest BCUT2D eigenvalue weighted by molar-refractivity contribution is 5.83. The van der Waals surface area contributed by atoms with Crippen LogP contribution in [0.3, 0.4) is 0 Å². The highest BCUT2D eigenvalue weighted by Crippen LogP contribution is 2.27. The zero-order valence-corrected chi connectivity index (χ0v) is 9.41. The molecule has 17 heavy (non-hydrogen) atoms. The molecule has 0 bridgehead atoms. The number of hydrogen-bond acceptors (Lipinski definition) is 4. The first-order valence-corrected chi connectivity index (χ1v) is 5.76. The van der Waals surface area contributed by atoms with Crippen molar-refractivity contribution in [3.63, 3.8) is 0 Å². The Labute approximate surface area is 100 Å². The molecule has 0 aromatic carbocycles. The number of aliphatic imine (C=N–C) groups is 1. The van der Waals surface area contributed by atoms with Crippen LogP contribution < -0.4 is 11.5 Å². The summed E-state index contributed by atoms with van der Waals surface area (Å²) in [6.07, 6.45) is 12.6. The van der Waals surface area contributed by atoms with E-state index in [2.05, 4.69) is 4.99 Å². The third kappa shape index (κ3) is 1.86. The van der Waals surface area contributed by atoms with Crippen LogP contribution in [0, 0.1) is 5.92 Å². The van der Waals surface area contributed by atoms with Crippen LogP contribution in [0.15, 0.2) is 52.8 Å². The van der Waals surface area contributed by atoms with Crippen LogP contribution in [-0.2, 0) is 4.74 Å². The van der Waals surface area contributed by atoms with Gasteiger partial charge in [0, 0.05) is 11.4 Å². The average Bonchev–Trinajstić information content (AvgIpc) is 2.72. The monoisotopic (exact) mass is 229 g/mol. The Hall–Kier alpha value is -1.97. The van der Waals surface area contributed by atoms with E-state index >= 15 is 0 Å². The summed E-state index contributed by atoms with van der Waals surface area (Å²) >= 11 is 0. The third-order valence-electron chi connectivity index (χ3n) is 3.16. The molecule has 0 saturated carbocycles. The van der Waals surface area contributed by atoms with Gasteiger partial charge in [0.05, 0.1) is 5.92 Å². The summed E-state index contributed by atoms with van der Waals surface area (Å²) in [7, 11) is 0. The molecule has 1 heterocycles. The number of ether oxygens (including phenoxy) is 1. The predicted octanol–water partition coefficient (Wildman–Crippen LogP) is 0.983. The van der Waals surface area contributed by atoms with Crippen LogP contribution in [0.5, 0.6) is 0 Å². The maximum absolute atomic E-state index is 5.83. The molecule has 4 nitrogen and oxygen atoms in total. The summed E-state index contributed by atoms with van der Waals surface area (Å²) in [6, 6.07) is 0.0339. The molecule has 88 valence electrons. The lowest BCUT2D eigenvalue weighted by molar-refractivity contribution is 0.242. The first kappa shape index (κ1) is 10.2. The maximum Gasteiger partial charge on any atom is 0.192 e. The lowest BCUT2D eigenvalue weighted by Crippen LogP contribution is -2.23. The quantitative estimate of drug-likeness (QED) is 0.704. The molecule has 0 radical (unpaired) electrons. The lowest BCUT2D eigenvalue weighted by atomic mass is 9.99. The molecule has 0 fully saturated rings. The van der Waals surface area contributed by atoms with Crippen LogP contribution in [0.2, 0.25) is 0 Å². The Kier molecular flexibility index (Phi) is 2.28. The summed E-state index contributed by atoms with van der Waals surface area (Å²) in [4.78, 5) is 4.57. The Bertz CT molecular complexity index is 485. The van der Waals surface area contributed by atoms with Crippen LogP contribution in [0.25, 0.3) is 0 Å². The highest BCUT2D eigenvalue weighted by atomic mass is 16.5. The van der Waals surface area contributed by atoms with E-state index in [9.17, 15) is 0 Å². The van der Waals surface area contributed by atoms with Gasteiger partial charge in [-0.25, -0.2) is 4.99 Å². The van der Waals surface area contributed by atoms with Gasteiger partial charge >= 0.3 is 0 Å². The van der Waals surface area contributed by atoms with Crippen molar-refractivity contribution < 1.29 is 4.74 Å². The van der Waals surface area contributed by atoms with Gasteiger partial charge in [-0.05, 0) is 30.7 Å². The maximum atomic E-state index is 5.83. The molecule has 0 saturated heterocycles. The number of rotatable bonds is 1. The minimum absolute atomic E-state index is 0.00829. The molecular weight excluding hydrogens is 214 g/mol. The first-order valence-electron chi connectivity index (χ1n) is 5.76. The van der Waals surface area contributed by atoms with Gasteiger partial charge in [-0.15, -0.1) is 0 Å². The summed E-state index contributed by atoms with van der Waals surface area (Å²) < 4.78 is 5.83. The molecule has 3 rings (SSSR count). The molecule has 3 atom stereocenters. The van der Waals surface area contributed by atoms with Gasteiger partial charge in [0.1, 0.15) is 12.1 Å². The van der Waals surface area contributed by atoms with Gasteiger partial charge in [0.25, 0.3) is 0 Å². The topological polar surface area (TPSA) is 73.6 Å². The molecule has 0 aromatic rings. The second-order valence-corrected chi connectivity index (χ2v) is 4.47. The first-order chi connectivity index (χ1) is 8.22. The lowest BCUT2D eigenvalue weighted by Gasteiger charge is -2.17. The largest absolute Gasteiger partial charge is 0.470 e. The Morgan fingerprint density at radius 1 is 1.18 bits per heavy atom. The van der Waals surface area contributed by atoms with Crippen molar-refractivity contribution in [2.75, 3.05) is 0 Å². The molecular formula is C13H15N3O. The fourth-order valence-electron chi connectivity index (χ4n) is 2.21. The molecule has 0 aromatic heterocycles. The number of allylic oxidation sites excluding steroid dienone is 3. The van der Waals surface area contributed by atoms with Crippen molar-refractivity contribution in [1.29, 1.82) is 0 Å². The van der Waals surface area contributed by atoms with Gasteiger partial charge in [-0.1, -0.05) is 12.2 Å². The zero-order valence-electron chi connectivity index (χ0n) is 9.41. The molecule has 1 aliphatic heterocycles. The number of nitrogens with zero attached hydrogens (tertiary/aromatic N) is 1. The smallest absolute Gasteiger partial charge is 0.192 e. The minimum atomic E-state index is 0.00829. The molecule has 0 amide bonds. The van der Waals surface area contributed by atoms with Gasteiger partial charge in [-0.2, -0.15) is 0 Å². The number of fused-ring (bicyclic) bond motifs is 1. The van der Waals surface area contributed by atoms with E-state index in [0.29, 0.717) is 0 Å². The summed E-state index contributed by atoms with van der Waals surface area (Å²) in [6.45, 7) is 0. The van der Waals surface area contributed by atoms with Crippen molar-refractivity contribution in [2.24, 2.45) is 22.4 Å². The van der Waals surface area contributed by atoms with E-state index in [4.69, 9.17) is 16.2 Å². The number of nitrogens with two attached hydrogens (primary N) is 2. The summed E-state index contributed by atoms with van der Waals surface area (Å²) in [5.41, 5.74) is 13.0. The molecule has 4 N–H and O–H groups in total. The van der Waals surface area contributed by atoms with Crippen molar-refractivity contribution >= 4 is 5.90 Å². The van der Waals surface area contributed by atoms with Crippen LogP contribution in [0.4, 0.5) is 0 Å². The van der Waals surface area contributed by atoms with Crippen LogP contribution in [0.1, 0.15) is 6.42 Å². The second-order valence-electron chi connectivity index (χ2n) is 4.47. The summed E-state index contributed by atoms with van der Waals surface area (Å²) in [5.74, 6) is 0.992. The second kappa shape index (κ2) is 3.80. The minimum Gasteiger partial charge on any atom is -0.470 e. The van der Waals surface area contributed by atoms with Gasteiger partial charge in [0.15, 0.2) is 5.90 Å². The van der Waals surface area contributed by atoms with Crippen molar-refractivity contribution in [2.45, 2.75) is 18.6 Å². The number of hydrogen-bond donors (Lipinski definition) is 2.